The smallest absolute Gasteiger partial charge is 0.0774 e. The van der Waals surface area contributed by atoms with Gasteiger partial charge in [0, 0.05) is 6.04 Å². The van der Waals surface area contributed by atoms with E-state index in [0.29, 0.717) is 6.42 Å². The average Bonchev–Trinajstić information content (AvgIpc) is 2.26. The van der Waals surface area contributed by atoms with Crippen LogP contribution in [0.5, 0.6) is 0 Å². The van der Waals surface area contributed by atoms with Crippen LogP contribution in [0.15, 0.2) is 24.3 Å². The van der Waals surface area contributed by atoms with Gasteiger partial charge in [0.25, 0.3) is 0 Å². The molecule has 2 unspecified atom stereocenters. The van der Waals surface area contributed by atoms with Crippen molar-refractivity contribution in [2.24, 2.45) is 5.73 Å². The van der Waals surface area contributed by atoms with Gasteiger partial charge in [-0.2, -0.15) is 0 Å². The third kappa shape index (κ3) is 4.00. The van der Waals surface area contributed by atoms with Crippen molar-refractivity contribution < 1.29 is 10.2 Å². The molecule has 1 aromatic carbocycles. The summed E-state index contributed by atoms with van der Waals surface area (Å²) in [5.74, 6) is 0. The van der Waals surface area contributed by atoms with E-state index in [2.05, 4.69) is 0 Å². The maximum Gasteiger partial charge on any atom is 0.0774 e. The highest BCUT2D eigenvalue weighted by Gasteiger charge is 2.03. The molecule has 0 spiro atoms. The summed E-state index contributed by atoms with van der Waals surface area (Å²) in [5, 5.41) is 17.9. The summed E-state index contributed by atoms with van der Waals surface area (Å²) in [4.78, 5) is 0. The highest BCUT2D eigenvalue weighted by Crippen LogP contribution is 2.12. The molecular weight excluding hydrogens is 190 g/mol. The molecule has 0 heterocycles. The van der Waals surface area contributed by atoms with Crippen LogP contribution in [0.2, 0.25) is 0 Å². The molecular formula is C12H19NO2. The fourth-order valence-corrected chi connectivity index (χ4v) is 1.41. The normalized spacial score (nSPS) is 14.9. The van der Waals surface area contributed by atoms with E-state index in [1.54, 1.807) is 0 Å². The Bertz CT molecular complexity index is 282. The molecule has 1 rings (SSSR count). The van der Waals surface area contributed by atoms with Crippen molar-refractivity contribution >= 4 is 0 Å². The molecule has 0 aliphatic carbocycles. The van der Waals surface area contributed by atoms with Crippen LogP contribution in [-0.2, 0) is 6.42 Å². The maximum atomic E-state index is 9.19. The van der Waals surface area contributed by atoms with Crippen LogP contribution in [0.4, 0.5) is 0 Å². The van der Waals surface area contributed by atoms with Gasteiger partial charge < -0.3 is 15.9 Å². The van der Waals surface area contributed by atoms with Gasteiger partial charge in [0.1, 0.15) is 0 Å². The first-order valence-corrected chi connectivity index (χ1v) is 5.27. The topological polar surface area (TPSA) is 66.5 Å². The number of benzene rings is 1. The summed E-state index contributed by atoms with van der Waals surface area (Å²) in [7, 11) is 0. The first kappa shape index (κ1) is 12.2. The van der Waals surface area contributed by atoms with Gasteiger partial charge in [0.05, 0.1) is 12.7 Å². The Morgan fingerprint density at radius 3 is 2.33 bits per heavy atom. The van der Waals surface area contributed by atoms with Crippen molar-refractivity contribution in [1.29, 1.82) is 0 Å². The summed E-state index contributed by atoms with van der Waals surface area (Å²) in [5.41, 5.74) is 8.01. The molecule has 15 heavy (non-hydrogen) atoms. The SMILES string of the molecule is CC(N)c1ccc(CCC(O)CO)cc1. The third-order valence-electron chi connectivity index (χ3n) is 2.48. The van der Waals surface area contributed by atoms with E-state index in [1.165, 1.54) is 0 Å². The second-order valence-electron chi connectivity index (χ2n) is 3.91. The summed E-state index contributed by atoms with van der Waals surface area (Å²) in [6.45, 7) is 1.78. The van der Waals surface area contributed by atoms with Crippen LogP contribution >= 0.6 is 0 Å². The van der Waals surface area contributed by atoms with Crippen LogP contribution in [0, 0.1) is 0 Å². The van der Waals surface area contributed by atoms with Gasteiger partial charge in [0.15, 0.2) is 0 Å². The third-order valence-corrected chi connectivity index (χ3v) is 2.48. The van der Waals surface area contributed by atoms with Crippen molar-refractivity contribution in [3.8, 4) is 0 Å². The molecule has 0 fully saturated rings. The number of aliphatic hydroxyl groups is 2. The lowest BCUT2D eigenvalue weighted by Crippen LogP contribution is -2.12. The molecule has 0 radical (unpaired) electrons. The fraction of sp³-hybridized carbons (Fsp3) is 0.500. The van der Waals surface area contributed by atoms with Gasteiger partial charge >= 0.3 is 0 Å². The van der Waals surface area contributed by atoms with Gasteiger partial charge in [-0.1, -0.05) is 24.3 Å². The van der Waals surface area contributed by atoms with Gasteiger partial charge in [-0.3, -0.25) is 0 Å². The molecule has 0 aromatic heterocycles. The molecule has 0 aliphatic heterocycles. The van der Waals surface area contributed by atoms with Gasteiger partial charge in [0.2, 0.25) is 0 Å². The fourth-order valence-electron chi connectivity index (χ4n) is 1.41. The quantitative estimate of drug-likeness (QED) is 0.677. The first-order valence-electron chi connectivity index (χ1n) is 5.27. The van der Waals surface area contributed by atoms with Crippen LogP contribution in [0.1, 0.15) is 30.5 Å². The van der Waals surface area contributed by atoms with E-state index in [-0.39, 0.29) is 12.6 Å². The lowest BCUT2D eigenvalue weighted by molar-refractivity contribution is 0.0886. The molecule has 0 amide bonds. The molecule has 3 heteroatoms. The standard InChI is InChI=1S/C12H19NO2/c1-9(13)11-5-2-10(3-6-11)4-7-12(15)8-14/h2-3,5-6,9,12,14-15H,4,7-8,13H2,1H3. The number of aliphatic hydroxyl groups excluding tert-OH is 2. The molecule has 4 N–H and O–H groups in total. The van der Waals surface area contributed by atoms with E-state index < -0.39 is 6.10 Å². The minimum Gasteiger partial charge on any atom is -0.394 e. The number of aryl methyl sites for hydroxylation is 1. The largest absolute Gasteiger partial charge is 0.394 e. The summed E-state index contributed by atoms with van der Waals surface area (Å²) < 4.78 is 0. The molecule has 0 aliphatic rings. The zero-order chi connectivity index (χ0) is 11.3. The van der Waals surface area contributed by atoms with E-state index in [4.69, 9.17) is 10.8 Å². The lowest BCUT2D eigenvalue weighted by Gasteiger charge is -2.09. The Hall–Kier alpha value is -0.900. The molecule has 2 atom stereocenters. The first-order chi connectivity index (χ1) is 7.13. The van der Waals surface area contributed by atoms with Crippen LogP contribution in [0.3, 0.4) is 0 Å². The summed E-state index contributed by atoms with van der Waals surface area (Å²) in [6.07, 6.45) is 0.757. The minimum absolute atomic E-state index is 0.0575. The van der Waals surface area contributed by atoms with Crippen LogP contribution < -0.4 is 5.73 Å². The van der Waals surface area contributed by atoms with Gasteiger partial charge in [-0.15, -0.1) is 0 Å². The van der Waals surface area contributed by atoms with Gasteiger partial charge in [-0.05, 0) is 30.9 Å². The molecule has 0 bridgehead atoms. The Labute approximate surface area is 90.5 Å². The second-order valence-corrected chi connectivity index (χ2v) is 3.91. The Balaban J connectivity index is 2.50. The summed E-state index contributed by atoms with van der Waals surface area (Å²) >= 11 is 0. The zero-order valence-corrected chi connectivity index (χ0v) is 9.06. The maximum absolute atomic E-state index is 9.19. The van der Waals surface area contributed by atoms with Crippen molar-refractivity contribution in [2.75, 3.05) is 6.61 Å². The van der Waals surface area contributed by atoms with Gasteiger partial charge in [-0.25, -0.2) is 0 Å². The Morgan fingerprint density at radius 2 is 1.87 bits per heavy atom. The Kier molecular flexibility index (Phi) is 4.75. The number of rotatable bonds is 5. The zero-order valence-electron chi connectivity index (χ0n) is 9.06. The van der Waals surface area contributed by atoms with E-state index >= 15 is 0 Å². The number of nitrogens with two attached hydrogens (primary N) is 1. The predicted octanol–water partition coefficient (Wildman–Crippen LogP) is 0.992. The monoisotopic (exact) mass is 209 g/mol. The second kappa shape index (κ2) is 5.85. The molecule has 0 saturated carbocycles. The summed E-state index contributed by atoms with van der Waals surface area (Å²) in [6, 6.07) is 8.10. The van der Waals surface area contributed by atoms with Crippen LogP contribution in [0.25, 0.3) is 0 Å². The number of hydrogen-bond acceptors (Lipinski definition) is 3. The van der Waals surface area contributed by atoms with Crippen molar-refractivity contribution in [1.82, 2.24) is 0 Å². The minimum atomic E-state index is -0.613. The van der Waals surface area contributed by atoms with E-state index in [0.717, 1.165) is 17.5 Å². The molecule has 3 nitrogen and oxygen atoms in total. The van der Waals surface area contributed by atoms with Crippen molar-refractivity contribution in [3.05, 3.63) is 35.4 Å². The number of hydrogen-bond donors (Lipinski definition) is 3. The Morgan fingerprint density at radius 1 is 1.27 bits per heavy atom. The van der Waals surface area contributed by atoms with E-state index in [9.17, 15) is 5.11 Å². The van der Waals surface area contributed by atoms with Crippen molar-refractivity contribution in [3.63, 3.8) is 0 Å². The average molecular weight is 209 g/mol. The van der Waals surface area contributed by atoms with Crippen molar-refractivity contribution in [2.45, 2.75) is 31.9 Å². The highest BCUT2D eigenvalue weighted by molar-refractivity contribution is 5.24. The molecule has 1 aromatic rings. The molecule has 0 saturated heterocycles. The highest BCUT2D eigenvalue weighted by atomic mass is 16.3. The van der Waals surface area contributed by atoms with Crippen LogP contribution in [-0.4, -0.2) is 22.9 Å². The lowest BCUT2D eigenvalue weighted by atomic mass is 10.0. The predicted molar refractivity (Wildman–Crippen MR) is 60.5 cm³/mol. The van der Waals surface area contributed by atoms with E-state index in [1.807, 2.05) is 31.2 Å². The molecule has 84 valence electrons.